The molecule has 2 aromatic rings. The van der Waals surface area contributed by atoms with E-state index >= 15 is 0 Å². The fourth-order valence-electron chi connectivity index (χ4n) is 3.68. The van der Waals surface area contributed by atoms with E-state index in [1.807, 2.05) is 26.0 Å². The summed E-state index contributed by atoms with van der Waals surface area (Å²) in [4.78, 5) is 4.60. The summed E-state index contributed by atoms with van der Waals surface area (Å²) in [5, 5.41) is 2.07. The first kappa shape index (κ1) is 19.5. The lowest BCUT2D eigenvalue weighted by molar-refractivity contribution is -1.02. The maximum absolute atomic E-state index is 12.8. The van der Waals surface area contributed by atoms with Gasteiger partial charge in [0.1, 0.15) is 32.2 Å². The van der Waals surface area contributed by atoms with Crippen LogP contribution in [-0.2, 0) is 10.0 Å². The van der Waals surface area contributed by atoms with Gasteiger partial charge in [0.2, 0.25) is 10.0 Å². The molecule has 1 aromatic heterocycles. The standard InChI is InChI=1S/C19H27N3O2S2/c1-15-6-8-17(9-7-15)26(23,24)20-16(2)19(18-5-4-14-25-18)22-12-10-21(3)11-13-22/h4-9,14,16,19-20H,10-13H2,1-3H3/p+2/t16-,19+/m1/s1. The molecule has 0 spiro atoms. The molecule has 0 saturated carbocycles. The lowest BCUT2D eigenvalue weighted by Gasteiger charge is -2.35. The Hall–Kier alpha value is -1.25. The van der Waals surface area contributed by atoms with E-state index in [9.17, 15) is 8.42 Å². The molecule has 1 fully saturated rings. The van der Waals surface area contributed by atoms with Crippen LogP contribution in [0.2, 0.25) is 0 Å². The Kier molecular flexibility index (Phi) is 6.14. The van der Waals surface area contributed by atoms with Crippen LogP contribution in [-0.4, -0.2) is 47.7 Å². The van der Waals surface area contributed by atoms with Crippen molar-refractivity contribution < 1.29 is 18.2 Å². The zero-order chi connectivity index (χ0) is 18.7. The molecule has 5 nitrogen and oxygen atoms in total. The largest absolute Gasteiger partial charge is 0.328 e. The van der Waals surface area contributed by atoms with Crippen molar-refractivity contribution in [3.8, 4) is 0 Å². The normalized spacial score (nSPS) is 23.5. The number of nitrogens with one attached hydrogen (secondary N) is 3. The molecule has 2 heterocycles. The predicted molar refractivity (Wildman–Crippen MR) is 105 cm³/mol. The smallest absolute Gasteiger partial charge is 0.241 e. The highest BCUT2D eigenvalue weighted by Gasteiger charge is 2.36. The maximum atomic E-state index is 12.8. The van der Waals surface area contributed by atoms with Gasteiger partial charge in [0.25, 0.3) is 0 Å². The Morgan fingerprint density at radius 2 is 1.73 bits per heavy atom. The molecule has 0 amide bonds. The molecule has 0 radical (unpaired) electrons. The first-order valence-corrected chi connectivity index (χ1v) is 11.5. The second-order valence-corrected chi connectivity index (χ2v) is 10.0. The van der Waals surface area contributed by atoms with Crippen molar-refractivity contribution >= 4 is 21.4 Å². The summed E-state index contributed by atoms with van der Waals surface area (Å²) in [5.74, 6) is 0. The third-order valence-corrected chi connectivity index (χ3v) is 7.74. The number of aryl methyl sites for hydroxylation is 1. The minimum Gasteiger partial charge on any atom is -0.328 e. The van der Waals surface area contributed by atoms with Crippen molar-refractivity contribution in [1.29, 1.82) is 0 Å². The molecule has 3 rings (SSSR count). The molecule has 1 saturated heterocycles. The second-order valence-electron chi connectivity index (χ2n) is 7.33. The van der Waals surface area contributed by atoms with Gasteiger partial charge in [-0.25, -0.2) is 13.1 Å². The van der Waals surface area contributed by atoms with Gasteiger partial charge < -0.3 is 9.80 Å². The van der Waals surface area contributed by atoms with Gasteiger partial charge in [0.15, 0.2) is 0 Å². The molecule has 0 unspecified atom stereocenters. The number of benzene rings is 1. The third kappa shape index (κ3) is 4.53. The van der Waals surface area contributed by atoms with Gasteiger partial charge in [-0.05, 0) is 37.4 Å². The van der Waals surface area contributed by atoms with Crippen molar-refractivity contribution in [3.63, 3.8) is 0 Å². The molecule has 1 aromatic carbocycles. The Labute approximate surface area is 160 Å². The molecular weight excluding hydrogens is 366 g/mol. The van der Waals surface area contributed by atoms with E-state index in [1.54, 1.807) is 28.4 Å². The highest BCUT2D eigenvalue weighted by molar-refractivity contribution is 7.89. The van der Waals surface area contributed by atoms with Gasteiger partial charge in [0, 0.05) is 0 Å². The molecular formula is C19H29N3O2S2+2. The first-order chi connectivity index (χ1) is 12.4. The van der Waals surface area contributed by atoms with Crippen LogP contribution in [0, 0.1) is 6.92 Å². The van der Waals surface area contributed by atoms with E-state index in [0.717, 1.165) is 31.7 Å². The number of sulfonamides is 1. The van der Waals surface area contributed by atoms with Gasteiger partial charge in [0.05, 0.1) is 22.9 Å². The molecule has 7 heteroatoms. The predicted octanol–water partition coefficient (Wildman–Crippen LogP) is -0.122. The van der Waals surface area contributed by atoms with Crippen LogP contribution >= 0.6 is 11.3 Å². The second kappa shape index (κ2) is 8.19. The molecule has 142 valence electrons. The molecule has 3 N–H and O–H groups in total. The van der Waals surface area contributed by atoms with E-state index in [0.29, 0.717) is 4.90 Å². The van der Waals surface area contributed by atoms with E-state index in [2.05, 4.69) is 29.3 Å². The number of hydrogen-bond donors (Lipinski definition) is 3. The SMILES string of the molecule is Cc1ccc(S(=O)(=O)N[C@H](C)[C@@H](c2cccs2)[NH+]2CC[NH+](C)CC2)cc1. The summed E-state index contributed by atoms with van der Waals surface area (Å²) < 4.78 is 28.6. The fraction of sp³-hybridized carbons (Fsp3) is 0.474. The summed E-state index contributed by atoms with van der Waals surface area (Å²) in [6.07, 6.45) is 0. The zero-order valence-electron chi connectivity index (χ0n) is 15.7. The minimum atomic E-state index is -3.53. The van der Waals surface area contributed by atoms with Crippen molar-refractivity contribution in [2.75, 3.05) is 33.2 Å². The van der Waals surface area contributed by atoms with Crippen molar-refractivity contribution in [3.05, 3.63) is 52.2 Å². The summed E-state index contributed by atoms with van der Waals surface area (Å²) >= 11 is 1.72. The summed E-state index contributed by atoms with van der Waals surface area (Å²) in [6, 6.07) is 11.2. The van der Waals surface area contributed by atoms with Gasteiger partial charge in [-0.2, -0.15) is 0 Å². The summed E-state index contributed by atoms with van der Waals surface area (Å²) in [7, 11) is -1.30. The maximum Gasteiger partial charge on any atom is 0.241 e. The quantitative estimate of drug-likeness (QED) is 0.639. The lowest BCUT2D eigenvalue weighted by atomic mass is 10.1. The highest BCUT2D eigenvalue weighted by Crippen LogP contribution is 2.21. The average Bonchev–Trinajstić information content (AvgIpc) is 3.11. The van der Waals surface area contributed by atoms with E-state index in [-0.39, 0.29) is 12.1 Å². The summed E-state index contributed by atoms with van der Waals surface area (Å²) in [6.45, 7) is 8.31. The number of hydrogen-bond acceptors (Lipinski definition) is 3. The Balaban J connectivity index is 1.81. The molecule has 26 heavy (non-hydrogen) atoms. The fourth-order valence-corrected chi connectivity index (χ4v) is 5.92. The van der Waals surface area contributed by atoms with Gasteiger partial charge in [-0.15, -0.1) is 11.3 Å². The van der Waals surface area contributed by atoms with Crippen molar-refractivity contribution in [1.82, 2.24) is 4.72 Å². The van der Waals surface area contributed by atoms with E-state index in [4.69, 9.17) is 0 Å². The van der Waals surface area contributed by atoms with Crippen LogP contribution in [0.5, 0.6) is 0 Å². The Morgan fingerprint density at radius 1 is 1.08 bits per heavy atom. The van der Waals surface area contributed by atoms with E-state index in [1.165, 1.54) is 9.78 Å². The van der Waals surface area contributed by atoms with Crippen molar-refractivity contribution in [2.24, 2.45) is 0 Å². The zero-order valence-corrected chi connectivity index (χ0v) is 17.3. The molecule has 1 aliphatic rings. The number of thiophene rings is 1. The molecule has 1 aliphatic heterocycles. The van der Waals surface area contributed by atoms with Gasteiger partial charge in [-0.3, -0.25) is 0 Å². The number of rotatable bonds is 6. The number of quaternary nitrogens is 2. The topological polar surface area (TPSA) is 55.0 Å². The van der Waals surface area contributed by atoms with Crippen molar-refractivity contribution in [2.45, 2.75) is 30.8 Å². The van der Waals surface area contributed by atoms with Crippen LogP contribution in [0.4, 0.5) is 0 Å². The number of likely N-dealkylation sites (N-methyl/N-ethyl adjacent to an activating group) is 1. The Morgan fingerprint density at radius 3 is 2.31 bits per heavy atom. The Bertz CT molecular complexity index is 796. The van der Waals surface area contributed by atoms with Crippen LogP contribution in [0.3, 0.4) is 0 Å². The first-order valence-electron chi connectivity index (χ1n) is 9.15. The molecule has 0 bridgehead atoms. The van der Waals surface area contributed by atoms with Gasteiger partial charge >= 0.3 is 0 Å². The van der Waals surface area contributed by atoms with E-state index < -0.39 is 10.0 Å². The van der Waals surface area contributed by atoms with Crippen LogP contribution in [0.1, 0.15) is 23.4 Å². The lowest BCUT2D eigenvalue weighted by Crippen LogP contribution is -3.27. The monoisotopic (exact) mass is 395 g/mol. The molecule has 0 aliphatic carbocycles. The molecule has 2 atom stereocenters. The van der Waals surface area contributed by atoms with Crippen LogP contribution in [0.25, 0.3) is 0 Å². The minimum absolute atomic E-state index is 0.142. The summed E-state index contributed by atoms with van der Waals surface area (Å²) in [5.41, 5.74) is 1.05. The van der Waals surface area contributed by atoms with Crippen LogP contribution in [0.15, 0.2) is 46.7 Å². The third-order valence-electron chi connectivity index (χ3n) is 5.21. The van der Waals surface area contributed by atoms with Crippen LogP contribution < -0.4 is 14.5 Å². The average molecular weight is 396 g/mol. The number of piperazine rings is 1. The van der Waals surface area contributed by atoms with Gasteiger partial charge in [-0.1, -0.05) is 23.8 Å². The highest BCUT2D eigenvalue weighted by atomic mass is 32.2.